The summed E-state index contributed by atoms with van der Waals surface area (Å²) in [6.07, 6.45) is 1.45. The molecule has 3 aliphatic rings. The minimum atomic E-state index is -0.555. The molecule has 0 saturated carbocycles. The highest BCUT2D eigenvalue weighted by Gasteiger charge is 2.54. The van der Waals surface area contributed by atoms with Gasteiger partial charge in [-0.25, -0.2) is 9.79 Å². The number of aryl methyl sites for hydroxylation is 1. The Morgan fingerprint density at radius 3 is 2.38 bits per heavy atom. The molecule has 3 unspecified atom stereocenters. The van der Waals surface area contributed by atoms with Crippen molar-refractivity contribution in [2.75, 3.05) is 7.05 Å². The third-order valence-corrected chi connectivity index (χ3v) is 6.56. The van der Waals surface area contributed by atoms with Crippen LogP contribution in [0.5, 0.6) is 0 Å². The number of amides is 3. The fourth-order valence-corrected chi connectivity index (χ4v) is 4.75. The lowest BCUT2D eigenvalue weighted by Gasteiger charge is -2.40. The Labute approximate surface area is 188 Å². The maximum atomic E-state index is 13.5. The molecule has 5 rings (SSSR count). The van der Waals surface area contributed by atoms with Crippen LogP contribution in [0.25, 0.3) is 0 Å². The van der Waals surface area contributed by atoms with Crippen LogP contribution in [-0.4, -0.2) is 56.8 Å². The quantitative estimate of drug-likeness (QED) is 0.744. The van der Waals surface area contributed by atoms with Gasteiger partial charge >= 0.3 is 6.03 Å². The van der Waals surface area contributed by atoms with E-state index in [0.29, 0.717) is 0 Å². The van der Waals surface area contributed by atoms with E-state index in [9.17, 15) is 9.59 Å². The summed E-state index contributed by atoms with van der Waals surface area (Å²) < 4.78 is 0. The summed E-state index contributed by atoms with van der Waals surface area (Å²) in [4.78, 5) is 38.5. The molecule has 0 aliphatic carbocycles. The number of urea groups is 1. The van der Waals surface area contributed by atoms with Gasteiger partial charge in [-0.2, -0.15) is 0 Å². The molecule has 32 heavy (non-hydrogen) atoms. The van der Waals surface area contributed by atoms with Gasteiger partial charge in [0.25, 0.3) is 5.91 Å². The van der Waals surface area contributed by atoms with Crippen LogP contribution in [-0.2, 0) is 11.3 Å². The third-order valence-electron chi connectivity index (χ3n) is 6.56. The first-order valence-electron chi connectivity index (χ1n) is 10.9. The molecule has 1 saturated heterocycles. The molecule has 0 N–H and O–H groups in total. The molecule has 0 spiro atoms. The summed E-state index contributed by atoms with van der Waals surface area (Å²) >= 11 is 0. The Kier molecular flexibility index (Phi) is 4.77. The molecule has 2 aromatic rings. The van der Waals surface area contributed by atoms with Crippen LogP contribution >= 0.6 is 0 Å². The summed E-state index contributed by atoms with van der Waals surface area (Å²) in [5.41, 5.74) is 4.25. The predicted octanol–water partition coefficient (Wildman–Crippen LogP) is 3.69. The summed E-state index contributed by atoms with van der Waals surface area (Å²) in [5, 5.41) is 0. The fourth-order valence-electron chi connectivity index (χ4n) is 4.75. The Bertz CT molecular complexity index is 1120. The zero-order valence-corrected chi connectivity index (χ0v) is 18.8. The molecule has 3 aliphatic heterocycles. The lowest BCUT2D eigenvalue weighted by atomic mass is 10.1. The molecular weight excluding hydrogens is 402 g/mol. The molecule has 0 aromatic heterocycles. The molecule has 1 fully saturated rings. The molecule has 0 bridgehead atoms. The monoisotopic (exact) mass is 429 g/mol. The van der Waals surface area contributed by atoms with Gasteiger partial charge in [0.15, 0.2) is 12.2 Å². The number of hydrogen-bond donors (Lipinski definition) is 0. The average Bonchev–Trinajstić information content (AvgIpc) is 3.31. The smallest absolute Gasteiger partial charge is 0.308 e. The summed E-state index contributed by atoms with van der Waals surface area (Å²) in [6, 6.07) is 17.3. The third kappa shape index (κ3) is 3.07. The van der Waals surface area contributed by atoms with E-state index in [-0.39, 0.29) is 24.5 Å². The summed E-state index contributed by atoms with van der Waals surface area (Å²) in [7, 11) is 1.72. The lowest BCUT2D eigenvalue weighted by molar-refractivity contribution is -0.137. The van der Waals surface area contributed by atoms with Crippen LogP contribution < -0.4 is 0 Å². The maximum Gasteiger partial charge on any atom is 0.328 e. The Balaban J connectivity index is 1.44. The van der Waals surface area contributed by atoms with Crippen molar-refractivity contribution in [3.05, 3.63) is 83.2 Å². The Hall–Kier alpha value is -3.61. The van der Waals surface area contributed by atoms with E-state index in [0.717, 1.165) is 28.3 Å². The SMILES string of the molecule is CC1=CN2C(=NC3C2C(=O)N(Cc2ccc(C)cc2)C(=O)N3C)N1C(C)c1ccccc1. The van der Waals surface area contributed by atoms with Gasteiger partial charge in [0.2, 0.25) is 5.96 Å². The molecular formula is C25H27N5O2. The standard InChI is InChI=1S/C25H27N5O2/c1-16-10-12-19(13-11-16)15-29-23(31)21-22(27(4)25(29)32)26-24-28(21)14-17(2)30(24)18(3)20-8-6-5-7-9-20/h5-14,18,21-22H,15H2,1-4H3. The topological polar surface area (TPSA) is 59.5 Å². The second kappa shape index (κ2) is 7.51. The van der Waals surface area contributed by atoms with Gasteiger partial charge in [0.05, 0.1) is 12.6 Å². The van der Waals surface area contributed by atoms with Crippen LogP contribution in [0.1, 0.15) is 36.6 Å². The van der Waals surface area contributed by atoms with E-state index in [2.05, 4.69) is 24.0 Å². The first-order chi connectivity index (χ1) is 15.4. The predicted molar refractivity (Wildman–Crippen MR) is 122 cm³/mol. The van der Waals surface area contributed by atoms with Crippen molar-refractivity contribution >= 4 is 17.9 Å². The number of aliphatic imine (C=N–C) groups is 1. The molecule has 3 atom stereocenters. The number of carbonyl (C=O) groups is 2. The van der Waals surface area contributed by atoms with Crippen LogP contribution in [0.4, 0.5) is 4.79 Å². The van der Waals surface area contributed by atoms with Crippen LogP contribution in [0.3, 0.4) is 0 Å². The maximum absolute atomic E-state index is 13.5. The van der Waals surface area contributed by atoms with Gasteiger partial charge in [-0.1, -0.05) is 60.2 Å². The van der Waals surface area contributed by atoms with Crippen LogP contribution in [0.2, 0.25) is 0 Å². The van der Waals surface area contributed by atoms with Gasteiger partial charge in [0, 0.05) is 18.9 Å². The molecule has 7 nitrogen and oxygen atoms in total. The number of likely N-dealkylation sites (N-methyl/N-ethyl adjacent to an activating group) is 1. The minimum absolute atomic E-state index is 0.0520. The molecule has 3 heterocycles. The number of rotatable bonds is 4. The van der Waals surface area contributed by atoms with Gasteiger partial charge in [-0.15, -0.1) is 0 Å². The number of benzene rings is 2. The van der Waals surface area contributed by atoms with Crippen molar-refractivity contribution in [1.82, 2.24) is 19.6 Å². The number of nitrogens with zero attached hydrogens (tertiary/aromatic N) is 5. The van der Waals surface area contributed by atoms with Gasteiger partial charge in [-0.3, -0.25) is 9.69 Å². The molecule has 2 aromatic carbocycles. The highest BCUT2D eigenvalue weighted by atomic mass is 16.2. The van der Waals surface area contributed by atoms with E-state index < -0.39 is 12.2 Å². The van der Waals surface area contributed by atoms with Gasteiger partial charge in [-0.05, 0) is 31.9 Å². The van der Waals surface area contributed by atoms with Crippen molar-refractivity contribution in [2.45, 2.75) is 45.6 Å². The van der Waals surface area contributed by atoms with E-state index >= 15 is 0 Å². The fraction of sp³-hybridized carbons (Fsp3) is 0.320. The normalized spacial score (nSPS) is 23.2. The number of carbonyl (C=O) groups excluding carboxylic acids is 2. The largest absolute Gasteiger partial charge is 0.328 e. The van der Waals surface area contributed by atoms with E-state index in [1.54, 1.807) is 11.9 Å². The van der Waals surface area contributed by atoms with Crippen molar-refractivity contribution in [3.8, 4) is 0 Å². The summed E-state index contributed by atoms with van der Waals surface area (Å²) in [5.74, 6) is 0.509. The second-order valence-electron chi connectivity index (χ2n) is 8.73. The number of imide groups is 1. The summed E-state index contributed by atoms with van der Waals surface area (Å²) in [6.45, 7) is 6.42. The zero-order chi connectivity index (χ0) is 22.6. The van der Waals surface area contributed by atoms with Gasteiger partial charge < -0.3 is 14.7 Å². The lowest BCUT2D eigenvalue weighted by Crippen LogP contribution is -2.63. The molecule has 7 heteroatoms. The number of guanidine groups is 1. The number of allylic oxidation sites excluding steroid dienone is 1. The first kappa shape index (κ1) is 20.3. The van der Waals surface area contributed by atoms with E-state index in [1.165, 1.54) is 4.90 Å². The average molecular weight is 430 g/mol. The highest BCUT2D eigenvalue weighted by Crippen LogP contribution is 2.38. The Morgan fingerprint density at radius 1 is 1.00 bits per heavy atom. The van der Waals surface area contributed by atoms with Crippen LogP contribution in [0, 0.1) is 6.92 Å². The van der Waals surface area contributed by atoms with Crippen LogP contribution in [0.15, 0.2) is 71.5 Å². The number of fused-ring (bicyclic) bond motifs is 3. The van der Waals surface area contributed by atoms with Crippen molar-refractivity contribution in [3.63, 3.8) is 0 Å². The van der Waals surface area contributed by atoms with Crippen molar-refractivity contribution in [1.29, 1.82) is 0 Å². The zero-order valence-electron chi connectivity index (χ0n) is 18.8. The minimum Gasteiger partial charge on any atom is -0.308 e. The van der Waals surface area contributed by atoms with Gasteiger partial charge in [0.1, 0.15) is 0 Å². The van der Waals surface area contributed by atoms with Crippen molar-refractivity contribution in [2.24, 2.45) is 4.99 Å². The van der Waals surface area contributed by atoms with E-state index in [1.807, 2.05) is 67.4 Å². The van der Waals surface area contributed by atoms with E-state index in [4.69, 9.17) is 4.99 Å². The second-order valence-corrected chi connectivity index (χ2v) is 8.73. The molecule has 3 amide bonds. The number of hydrogen-bond acceptors (Lipinski definition) is 5. The first-order valence-corrected chi connectivity index (χ1v) is 10.9. The molecule has 164 valence electrons. The molecule has 0 radical (unpaired) electrons. The van der Waals surface area contributed by atoms with Crippen molar-refractivity contribution < 1.29 is 9.59 Å². The highest BCUT2D eigenvalue weighted by molar-refractivity contribution is 6.04. The Morgan fingerprint density at radius 2 is 1.69 bits per heavy atom.